The lowest BCUT2D eigenvalue weighted by Gasteiger charge is -2.24. The molecule has 0 fully saturated rings. The number of nitrogens with zero attached hydrogens (tertiary/aromatic N) is 3. The van der Waals surface area contributed by atoms with Gasteiger partial charge in [0.05, 0.1) is 32.6 Å². The van der Waals surface area contributed by atoms with Gasteiger partial charge in [-0.25, -0.2) is 9.48 Å². The Kier molecular flexibility index (Phi) is 4.06. The molecule has 0 spiro atoms. The Balaban J connectivity index is 1.78. The van der Waals surface area contributed by atoms with Crippen molar-refractivity contribution >= 4 is 5.97 Å². The number of carbonyl (C=O) groups excluding carboxylic acids is 1. The van der Waals surface area contributed by atoms with Crippen LogP contribution in [-0.4, -0.2) is 34.7 Å². The van der Waals surface area contributed by atoms with E-state index in [4.69, 9.17) is 14.2 Å². The number of hydrogen-bond acceptors (Lipinski definition) is 6. The molecule has 1 aliphatic heterocycles. The van der Waals surface area contributed by atoms with Gasteiger partial charge in [0.1, 0.15) is 11.9 Å². The van der Waals surface area contributed by atoms with Crippen LogP contribution in [0, 0.1) is 0 Å². The normalized spacial score (nSPS) is 16.9. The second kappa shape index (κ2) is 6.15. The summed E-state index contributed by atoms with van der Waals surface area (Å²) in [5, 5.41) is 7.94. The minimum atomic E-state index is -0.463. The number of ether oxygens (including phenoxy) is 3. The minimum absolute atomic E-state index is 0.129. The topological polar surface area (TPSA) is 75.5 Å². The molecule has 0 aliphatic carbocycles. The Morgan fingerprint density at radius 2 is 2.18 bits per heavy atom. The van der Waals surface area contributed by atoms with Crippen molar-refractivity contribution in [2.75, 3.05) is 13.7 Å². The number of benzene rings is 1. The van der Waals surface area contributed by atoms with Crippen LogP contribution in [0.25, 0.3) is 0 Å². The van der Waals surface area contributed by atoms with Gasteiger partial charge in [0.15, 0.2) is 5.69 Å². The Labute approximate surface area is 127 Å². The van der Waals surface area contributed by atoms with E-state index >= 15 is 0 Å². The van der Waals surface area contributed by atoms with Gasteiger partial charge in [-0.05, 0) is 24.6 Å². The highest BCUT2D eigenvalue weighted by Crippen LogP contribution is 2.28. The van der Waals surface area contributed by atoms with E-state index in [-0.39, 0.29) is 18.4 Å². The second-order valence-corrected chi connectivity index (χ2v) is 4.86. The highest BCUT2D eigenvalue weighted by molar-refractivity contribution is 5.88. The SMILES string of the molecule is CCOC(=O)c1nnn2c1COC(c1ccc(OC)cc1)C2. The Morgan fingerprint density at radius 1 is 1.41 bits per heavy atom. The maximum Gasteiger partial charge on any atom is 0.360 e. The third kappa shape index (κ3) is 2.67. The van der Waals surface area contributed by atoms with Crippen molar-refractivity contribution in [2.45, 2.75) is 26.2 Å². The number of esters is 1. The fraction of sp³-hybridized carbons (Fsp3) is 0.400. The molecule has 1 unspecified atom stereocenters. The van der Waals surface area contributed by atoms with Crippen LogP contribution < -0.4 is 4.74 Å². The molecule has 7 heteroatoms. The summed E-state index contributed by atoms with van der Waals surface area (Å²) in [5.41, 5.74) is 1.91. The first-order valence-electron chi connectivity index (χ1n) is 7.08. The number of carbonyl (C=O) groups is 1. The molecule has 0 bridgehead atoms. The first-order chi connectivity index (χ1) is 10.7. The second-order valence-electron chi connectivity index (χ2n) is 4.86. The van der Waals surface area contributed by atoms with Crippen LogP contribution in [0.4, 0.5) is 0 Å². The zero-order valence-electron chi connectivity index (χ0n) is 12.5. The summed E-state index contributed by atoms with van der Waals surface area (Å²) in [5.74, 6) is 0.334. The third-order valence-electron chi connectivity index (χ3n) is 3.55. The smallest absolute Gasteiger partial charge is 0.360 e. The molecule has 22 heavy (non-hydrogen) atoms. The van der Waals surface area contributed by atoms with E-state index in [1.165, 1.54) is 0 Å². The van der Waals surface area contributed by atoms with E-state index in [1.54, 1.807) is 18.7 Å². The molecule has 1 aromatic heterocycles. The van der Waals surface area contributed by atoms with Crippen molar-refractivity contribution in [1.82, 2.24) is 15.0 Å². The molecule has 1 aromatic carbocycles. The van der Waals surface area contributed by atoms with Crippen LogP contribution in [-0.2, 0) is 22.6 Å². The molecule has 3 rings (SSSR count). The van der Waals surface area contributed by atoms with Crippen molar-refractivity contribution < 1.29 is 19.0 Å². The van der Waals surface area contributed by atoms with Crippen LogP contribution in [0.3, 0.4) is 0 Å². The van der Waals surface area contributed by atoms with Crippen LogP contribution >= 0.6 is 0 Å². The van der Waals surface area contributed by atoms with E-state index in [0.29, 0.717) is 18.8 Å². The lowest BCUT2D eigenvalue weighted by Crippen LogP contribution is -2.23. The lowest BCUT2D eigenvalue weighted by molar-refractivity contribution is -0.00235. The molecule has 2 aromatic rings. The predicted octanol–water partition coefficient (Wildman–Crippen LogP) is 1.73. The number of aromatic nitrogens is 3. The number of methoxy groups -OCH3 is 1. The van der Waals surface area contributed by atoms with E-state index in [0.717, 1.165) is 11.3 Å². The van der Waals surface area contributed by atoms with Gasteiger partial charge in [-0.1, -0.05) is 17.3 Å². The maximum atomic E-state index is 11.8. The standard InChI is InChI=1S/C15H17N3O4/c1-3-21-15(19)14-12-9-22-13(8-18(12)17-16-14)10-4-6-11(20-2)7-5-10/h4-7,13H,3,8-9H2,1-2H3. The highest BCUT2D eigenvalue weighted by Gasteiger charge is 2.28. The number of fused-ring (bicyclic) bond motifs is 1. The molecule has 0 radical (unpaired) electrons. The molecule has 1 aliphatic rings. The molecule has 0 saturated heterocycles. The van der Waals surface area contributed by atoms with Crippen LogP contribution in [0.5, 0.6) is 5.75 Å². The zero-order valence-corrected chi connectivity index (χ0v) is 12.5. The lowest BCUT2D eigenvalue weighted by atomic mass is 10.1. The molecule has 7 nitrogen and oxygen atoms in total. The van der Waals surface area contributed by atoms with Crippen molar-refractivity contribution in [3.8, 4) is 5.75 Å². The summed E-state index contributed by atoms with van der Waals surface area (Å²) >= 11 is 0. The summed E-state index contributed by atoms with van der Waals surface area (Å²) in [7, 11) is 1.63. The molecule has 116 valence electrons. The molecular formula is C15H17N3O4. The Hall–Kier alpha value is -2.41. The Morgan fingerprint density at radius 3 is 2.86 bits per heavy atom. The fourth-order valence-electron chi connectivity index (χ4n) is 2.39. The molecule has 2 heterocycles. The summed E-state index contributed by atoms with van der Waals surface area (Å²) in [6.07, 6.45) is -0.129. The van der Waals surface area contributed by atoms with E-state index in [1.807, 2.05) is 24.3 Å². The number of hydrogen-bond donors (Lipinski definition) is 0. The summed E-state index contributed by atoms with van der Waals surface area (Å²) in [6.45, 7) is 2.84. The van der Waals surface area contributed by atoms with Gasteiger partial charge in [0.25, 0.3) is 0 Å². The molecule has 0 N–H and O–H groups in total. The van der Waals surface area contributed by atoms with Gasteiger partial charge in [-0.3, -0.25) is 0 Å². The molecule has 0 saturated carbocycles. The van der Waals surface area contributed by atoms with Crippen molar-refractivity contribution in [1.29, 1.82) is 0 Å². The molecule has 0 amide bonds. The first-order valence-corrected chi connectivity index (χ1v) is 7.08. The summed E-state index contributed by atoms with van der Waals surface area (Å²) in [4.78, 5) is 11.8. The van der Waals surface area contributed by atoms with E-state index in [9.17, 15) is 4.79 Å². The summed E-state index contributed by atoms with van der Waals surface area (Å²) < 4.78 is 17.7. The van der Waals surface area contributed by atoms with Crippen molar-refractivity contribution in [3.05, 3.63) is 41.2 Å². The number of rotatable bonds is 4. The zero-order chi connectivity index (χ0) is 15.5. The summed E-state index contributed by atoms with van der Waals surface area (Å²) in [6, 6.07) is 7.69. The first kappa shape index (κ1) is 14.5. The van der Waals surface area contributed by atoms with Crippen LogP contribution in [0.1, 0.15) is 34.8 Å². The van der Waals surface area contributed by atoms with Gasteiger partial charge in [0.2, 0.25) is 0 Å². The van der Waals surface area contributed by atoms with Gasteiger partial charge < -0.3 is 14.2 Å². The van der Waals surface area contributed by atoms with Crippen LogP contribution in [0.2, 0.25) is 0 Å². The Bertz CT molecular complexity index is 666. The highest BCUT2D eigenvalue weighted by atomic mass is 16.5. The third-order valence-corrected chi connectivity index (χ3v) is 3.55. The van der Waals surface area contributed by atoms with Crippen molar-refractivity contribution in [3.63, 3.8) is 0 Å². The largest absolute Gasteiger partial charge is 0.497 e. The predicted molar refractivity (Wildman–Crippen MR) is 76.5 cm³/mol. The fourth-order valence-corrected chi connectivity index (χ4v) is 2.39. The van der Waals surface area contributed by atoms with Gasteiger partial charge in [-0.15, -0.1) is 5.10 Å². The van der Waals surface area contributed by atoms with Gasteiger partial charge in [0, 0.05) is 0 Å². The van der Waals surface area contributed by atoms with Crippen molar-refractivity contribution in [2.24, 2.45) is 0 Å². The van der Waals surface area contributed by atoms with E-state index < -0.39 is 5.97 Å². The van der Waals surface area contributed by atoms with Gasteiger partial charge in [-0.2, -0.15) is 0 Å². The molecular weight excluding hydrogens is 286 g/mol. The van der Waals surface area contributed by atoms with E-state index in [2.05, 4.69) is 10.3 Å². The molecule has 1 atom stereocenters. The quantitative estimate of drug-likeness (QED) is 0.801. The maximum absolute atomic E-state index is 11.8. The minimum Gasteiger partial charge on any atom is -0.497 e. The average molecular weight is 303 g/mol. The monoisotopic (exact) mass is 303 g/mol. The van der Waals surface area contributed by atoms with Crippen LogP contribution in [0.15, 0.2) is 24.3 Å². The average Bonchev–Trinajstić information content (AvgIpc) is 2.98. The van der Waals surface area contributed by atoms with Gasteiger partial charge >= 0.3 is 5.97 Å².